The van der Waals surface area contributed by atoms with Crippen molar-refractivity contribution in [3.8, 4) is 0 Å². The largest absolute Gasteiger partial charge is 0.381 e. The van der Waals surface area contributed by atoms with Gasteiger partial charge in [-0.1, -0.05) is 0 Å². The molecule has 0 amide bonds. The van der Waals surface area contributed by atoms with Crippen molar-refractivity contribution in [2.24, 2.45) is 5.92 Å². The van der Waals surface area contributed by atoms with Crippen LogP contribution in [0.4, 0.5) is 5.82 Å². The molecule has 2 heterocycles. The van der Waals surface area contributed by atoms with E-state index in [0.717, 1.165) is 6.42 Å². The first-order chi connectivity index (χ1) is 8.62. The highest BCUT2D eigenvalue weighted by Gasteiger charge is 2.20. The van der Waals surface area contributed by atoms with E-state index in [2.05, 4.69) is 15.0 Å². The molecule has 2 N–H and O–H groups in total. The lowest BCUT2D eigenvalue weighted by molar-refractivity contribution is 0.186. The second-order valence-electron chi connectivity index (χ2n) is 4.21. The summed E-state index contributed by atoms with van der Waals surface area (Å²) in [6.45, 7) is 1.76. The zero-order chi connectivity index (χ0) is 13.0. The Kier molecular flexibility index (Phi) is 4.15. The van der Waals surface area contributed by atoms with Crippen LogP contribution in [0, 0.1) is 5.92 Å². The number of ether oxygens (including phenoxy) is 1. The summed E-state index contributed by atoms with van der Waals surface area (Å²) in [4.78, 5) is 4.21. The SMILES string of the molecule is CNc1cc(S(=O)(=O)NCC2CCOC2)ccn1. The van der Waals surface area contributed by atoms with Crippen LogP contribution in [-0.4, -0.2) is 40.2 Å². The summed E-state index contributed by atoms with van der Waals surface area (Å²) in [5, 5.41) is 2.81. The van der Waals surface area contributed by atoms with Crippen molar-refractivity contribution in [3.05, 3.63) is 18.3 Å². The Balaban J connectivity index is 2.04. The van der Waals surface area contributed by atoms with Gasteiger partial charge in [-0.05, 0) is 18.4 Å². The van der Waals surface area contributed by atoms with Gasteiger partial charge in [0, 0.05) is 32.5 Å². The van der Waals surface area contributed by atoms with Crippen molar-refractivity contribution in [3.63, 3.8) is 0 Å². The fourth-order valence-electron chi connectivity index (χ4n) is 1.77. The molecule has 100 valence electrons. The summed E-state index contributed by atoms with van der Waals surface area (Å²) in [5.41, 5.74) is 0. The maximum Gasteiger partial charge on any atom is 0.240 e. The fraction of sp³-hybridized carbons (Fsp3) is 0.545. The predicted molar refractivity (Wildman–Crippen MR) is 67.9 cm³/mol. The number of hydrogen-bond acceptors (Lipinski definition) is 5. The second kappa shape index (κ2) is 5.64. The molecule has 1 atom stereocenters. The maximum absolute atomic E-state index is 12.0. The Hall–Kier alpha value is -1.18. The summed E-state index contributed by atoms with van der Waals surface area (Å²) in [6, 6.07) is 2.99. The lowest BCUT2D eigenvalue weighted by Crippen LogP contribution is -2.29. The first-order valence-corrected chi connectivity index (χ1v) is 7.31. The lowest BCUT2D eigenvalue weighted by Gasteiger charge is -2.10. The van der Waals surface area contributed by atoms with Crippen LogP contribution in [0.5, 0.6) is 0 Å². The standard InChI is InChI=1S/C11H17N3O3S/c1-12-11-6-10(2-4-13-11)18(15,16)14-7-9-3-5-17-8-9/h2,4,6,9,14H,3,5,7-8H2,1H3,(H,12,13). The molecule has 0 radical (unpaired) electrons. The first kappa shape index (κ1) is 13.3. The Morgan fingerprint density at radius 1 is 1.56 bits per heavy atom. The van der Waals surface area contributed by atoms with Gasteiger partial charge in [0.1, 0.15) is 5.82 Å². The van der Waals surface area contributed by atoms with Crippen molar-refractivity contribution in [2.75, 3.05) is 32.1 Å². The summed E-state index contributed by atoms with van der Waals surface area (Å²) in [6.07, 6.45) is 2.37. The molecule has 1 saturated heterocycles. The van der Waals surface area contributed by atoms with Gasteiger partial charge in [0.2, 0.25) is 10.0 Å². The number of anilines is 1. The Morgan fingerprint density at radius 2 is 2.39 bits per heavy atom. The third-order valence-electron chi connectivity index (χ3n) is 2.88. The minimum atomic E-state index is -3.47. The predicted octanol–water partition coefficient (Wildman–Crippen LogP) is 0.438. The molecule has 0 aliphatic carbocycles. The first-order valence-electron chi connectivity index (χ1n) is 5.83. The van der Waals surface area contributed by atoms with Crippen molar-refractivity contribution >= 4 is 15.8 Å². The van der Waals surface area contributed by atoms with Crippen LogP contribution in [-0.2, 0) is 14.8 Å². The zero-order valence-electron chi connectivity index (χ0n) is 10.2. The highest BCUT2D eigenvalue weighted by molar-refractivity contribution is 7.89. The average Bonchev–Trinajstić information content (AvgIpc) is 2.90. The molecule has 0 bridgehead atoms. The molecule has 2 rings (SSSR count). The van der Waals surface area contributed by atoms with E-state index in [1.807, 2.05) is 0 Å². The van der Waals surface area contributed by atoms with Gasteiger partial charge in [-0.2, -0.15) is 0 Å². The van der Waals surface area contributed by atoms with Gasteiger partial charge >= 0.3 is 0 Å². The number of hydrogen-bond donors (Lipinski definition) is 2. The number of aromatic nitrogens is 1. The minimum absolute atomic E-state index is 0.223. The molecular weight excluding hydrogens is 254 g/mol. The number of sulfonamides is 1. The highest BCUT2D eigenvalue weighted by atomic mass is 32.2. The van der Waals surface area contributed by atoms with E-state index in [0.29, 0.717) is 25.6 Å². The van der Waals surface area contributed by atoms with Crippen molar-refractivity contribution < 1.29 is 13.2 Å². The van der Waals surface area contributed by atoms with E-state index >= 15 is 0 Å². The molecule has 0 aromatic carbocycles. The number of nitrogens with one attached hydrogen (secondary N) is 2. The highest BCUT2D eigenvalue weighted by Crippen LogP contribution is 2.15. The van der Waals surface area contributed by atoms with E-state index in [-0.39, 0.29) is 10.8 Å². The van der Waals surface area contributed by atoms with Gasteiger partial charge in [0.25, 0.3) is 0 Å². The van der Waals surface area contributed by atoms with Crippen LogP contribution in [0.3, 0.4) is 0 Å². The van der Waals surface area contributed by atoms with E-state index in [9.17, 15) is 8.42 Å². The maximum atomic E-state index is 12.0. The minimum Gasteiger partial charge on any atom is -0.381 e. The Bertz CT molecular complexity index is 498. The molecule has 1 aromatic rings. The Labute approximate surface area is 107 Å². The molecule has 1 aliphatic heterocycles. The number of rotatable bonds is 5. The van der Waals surface area contributed by atoms with Crippen molar-refractivity contribution in [1.82, 2.24) is 9.71 Å². The summed E-state index contributed by atoms with van der Waals surface area (Å²) in [7, 11) is -1.77. The quantitative estimate of drug-likeness (QED) is 0.812. The van der Waals surface area contributed by atoms with Crippen molar-refractivity contribution in [1.29, 1.82) is 0 Å². The van der Waals surface area contributed by atoms with Crippen LogP contribution in [0.15, 0.2) is 23.2 Å². The molecule has 0 spiro atoms. The molecule has 1 fully saturated rings. The van der Waals surface area contributed by atoms with Crippen LogP contribution in [0.25, 0.3) is 0 Å². The Morgan fingerprint density at radius 3 is 3.06 bits per heavy atom. The molecule has 1 unspecified atom stereocenters. The van der Waals surface area contributed by atoms with Crippen LogP contribution < -0.4 is 10.0 Å². The van der Waals surface area contributed by atoms with Gasteiger partial charge in [-0.3, -0.25) is 0 Å². The zero-order valence-corrected chi connectivity index (χ0v) is 11.0. The molecule has 1 aliphatic rings. The molecule has 7 heteroatoms. The number of nitrogens with zero attached hydrogens (tertiary/aromatic N) is 1. The lowest BCUT2D eigenvalue weighted by atomic mass is 10.1. The third kappa shape index (κ3) is 3.18. The topological polar surface area (TPSA) is 80.3 Å². The molecular formula is C11H17N3O3S. The van der Waals surface area contributed by atoms with E-state index in [4.69, 9.17) is 4.74 Å². The summed E-state index contributed by atoms with van der Waals surface area (Å²) in [5.74, 6) is 0.799. The monoisotopic (exact) mass is 271 g/mol. The smallest absolute Gasteiger partial charge is 0.240 e. The average molecular weight is 271 g/mol. The molecule has 1 aromatic heterocycles. The van der Waals surface area contributed by atoms with Gasteiger partial charge in [0.05, 0.1) is 11.5 Å². The summed E-state index contributed by atoms with van der Waals surface area (Å²) < 4.78 is 31.9. The van der Waals surface area contributed by atoms with Gasteiger partial charge in [0.15, 0.2) is 0 Å². The fourth-order valence-corrected chi connectivity index (χ4v) is 2.90. The molecule has 6 nitrogen and oxygen atoms in total. The van der Waals surface area contributed by atoms with Gasteiger partial charge < -0.3 is 10.1 Å². The van der Waals surface area contributed by atoms with Gasteiger partial charge in [-0.15, -0.1) is 0 Å². The number of pyridine rings is 1. The third-order valence-corrected chi connectivity index (χ3v) is 4.31. The van der Waals surface area contributed by atoms with Crippen LogP contribution in [0.2, 0.25) is 0 Å². The summed E-state index contributed by atoms with van der Waals surface area (Å²) >= 11 is 0. The second-order valence-corrected chi connectivity index (χ2v) is 5.98. The van der Waals surface area contributed by atoms with E-state index < -0.39 is 10.0 Å². The van der Waals surface area contributed by atoms with Crippen LogP contribution in [0.1, 0.15) is 6.42 Å². The normalized spacial score (nSPS) is 19.9. The van der Waals surface area contributed by atoms with E-state index in [1.54, 1.807) is 7.05 Å². The molecule has 18 heavy (non-hydrogen) atoms. The van der Waals surface area contributed by atoms with Gasteiger partial charge in [-0.25, -0.2) is 18.1 Å². The van der Waals surface area contributed by atoms with E-state index in [1.165, 1.54) is 18.3 Å². The molecule has 0 saturated carbocycles. The van der Waals surface area contributed by atoms with Crippen molar-refractivity contribution in [2.45, 2.75) is 11.3 Å². The van der Waals surface area contributed by atoms with Crippen LogP contribution >= 0.6 is 0 Å².